The molecule has 0 saturated heterocycles. The van der Waals surface area contributed by atoms with Crippen LogP contribution in [-0.4, -0.2) is 22.8 Å². The summed E-state index contributed by atoms with van der Waals surface area (Å²) in [4.78, 5) is 27.9. The lowest BCUT2D eigenvalue weighted by atomic mass is 9.98. The number of aromatic nitrogens is 1. The highest BCUT2D eigenvalue weighted by Crippen LogP contribution is 2.45. The van der Waals surface area contributed by atoms with E-state index in [2.05, 4.69) is 54.6 Å². The number of thioether (sulfide) groups is 1. The topological polar surface area (TPSA) is 47.8 Å². The number of thiophene rings is 1. The van der Waals surface area contributed by atoms with E-state index < -0.39 is 5.97 Å². The Balaban J connectivity index is 1.45. The Kier molecular flexibility index (Phi) is 6.57. The highest BCUT2D eigenvalue weighted by Gasteiger charge is 2.29. The molecule has 0 radical (unpaired) electrons. The van der Waals surface area contributed by atoms with Crippen molar-refractivity contribution in [2.75, 3.05) is 6.61 Å². The van der Waals surface area contributed by atoms with Crippen molar-refractivity contribution in [2.45, 2.75) is 16.9 Å². The molecule has 0 unspecified atom stereocenters. The fourth-order valence-corrected chi connectivity index (χ4v) is 8.19. The summed E-state index contributed by atoms with van der Waals surface area (Å²) in [5, 5.41) is 5.52. The molecule has 0 spiro atoms. The van der Waals surface area contributed by atoms with Crippen LogP contribution in [0.25, 0.3) is 38.0 Å². The molecule has 0 bridgehead atoms. The molecular formula is C35H25NO3S2. The van der Waals surface area contributed by atoms with Gasteiger partial charge in [0.2, 0.25) is 5.78 Å². The van der Waals surface area contributed by atoms with E-state index in [-0.39, 0.29) is 12.4 Å². The fourth-order valence-electron chi connectivity index (χ4n) is 5.61. The first-order valence-electron chi connectivity index (χ1n) is 13.5. The minimum atomic E-state index is -0.414. The zero-order valence-corrected chi connectivity index (χ0v) is 23.9. The second-order valence-electron chi connectivity index (χ2n) is 9.77. The monoisotopic (exact) mass is 571 g/mol. The van der Waals surface area contributed by atoms with E-state index in [1.54, 1.807) is 18.7 Å². The molecule has 0 saturated carbocycles. The van der Waals surface area contributed by atoms with Crippen LogP contribution >= 0.6 is 23.1 Å². The average Bonchev–Trinajstić information content (AvgIpc) is 3.55. The third kappa shape index (κ3) is 4.31. The number of fused-ring (bicyclic) bond motifs is 5. The zero-order chi connectivity index (χ0) is 27.9. The van der Waals surface area contributed by atoms with Crippen molar-refractivity contribution in [3.8, 4) is 0 Å². The smallest absolute Gasteiger partial charge is 0.341 e. The Bertz CT molecular complexity index is 2050. The summed E-state index contributed by atoms with van der Waals surface area (Å²) >= 11 is 3.17. The zero-order valence-electron chi connectivity index (χ0n) is 22.3. The van der Waals surface area contributed by atoms with Crippen LogP contribution in [0.2, 0.25) is 0 Å². The van der Waals surface area contributed by atoms with Crippen LogP contribution in [0, 0.1) is 0 Å². The minimum Gasteiger partial charge on any atom is -0.462 e. The van der Waals surface area contributed by atoms with Crippen LogP contribution in [0.4, 0.5) is 0 Å². The maximum Gasteiger partial charge on any atom is 0.341 e. The van der Waals surface area contributed by atoms with Gasteiger partial charge in [0.25, 0.3) is 0 Å². The van der Waals surface area contributed by atoms with Crippen LogP contribution in [0.15, 0.2) is 114 Å². The van der Waals surface area contributed by atoms with Crippen LogP contribution in [0.5, 0.6) is 0 Å². The average molecular weight is 572 g/mol. The van der Waals surface area contributed by atoms with E-state index >= 15 is 0 Å². The second-order valence-corrected chi connectivity index (χ2v) is 12.0. The van der Waals surface area contributed by atoms with Gasteiger partial charge in [-0.2, -0.15) is 0 Å². The third-order valence-electron chi connectivity index (χ3n) is 7.41. The second kappa shape index (κ2) is 10.5. The predicted molar refractivity (Wildman–Crippen MR) is 170 cm³/mol. The van der Waals surface area contributed by atoms with Gasteiger partial charge in [-0.3, -0.25) is 4.79 Å². The van der Waals surface area contributed by atoms with Gasteiger partial charge in [-0.05, 0) is 52.2 Å². The molecule has 0 aliphatic heterocycles. The summed E-state index contributed by atoms with van der Waals surface area (Å²) in [7, 11) is 0. The lowest BCUT2D eigenvalue weighted by molar-refractivity contribution is 0.0531. The van der Waals surface area contributed by atoms with Crippen molar-refractivity contribution in [3.05, 3.63) is 131 Å². The van der Waals surface area contributed by atoms with Crippen molar-refractivity contribution >= 4 is 72.8 Å². The minimum absolute atomic E-state index is 0.0930. The van der Waals surface area contributed by atoms with E-state index in [1.165, 1.54) is 38.4 Å². The van der Waals surface area contributed by atoms with Crippen molar-refractivity contribution in [1.29, 1.82) is 0 Å². The molecule has 3 aromatic heterocycles. The molecule has 6 heteroatoms. The molecule has 0 atom stereocenters. The van der Waals surface area contributed by atoms with Crippen LogP contribution in [0.3, 0.4) is 0 Å². The maximum absolute atomic E-state index is 13.9. The lowest BCUT2D eigenvalue weighted by Crippen LogP contribution is -2.06. The van der Waals surface area contributed by atoms with Gasteiger partial charge in [0.15, 0.2) is 0 Å². The number of pyridine rings is 1. The number of esters is 1. The van der Waals surface area contributed by atoms with Gasteiger partial charge < -0.3 is 9.14 Å². The van der Waals surface area contributed by atoms with E-state index in [4.69, 9.17) is 4.74 Å². The summed E-state index contributed by atoms with van der Waals surface area (Å²) in [5.74, 6) is 0.206. The Morgan fingerprint density at radius 2 is 1.49 bits per heavy atom. The first kappa shape index (κ1) is 25.6. The molecule has 0 N–H and O–H groups in total. The first-order valence-corrected chi connectivity index (χ1v) is 15.3. The quantitative estimate of drug-likeness (QED) is 0.0828. The molecule has 4 aromatic carbocycles. The number of hydrogen-bond donors (Lipinski definition) is 0. The summed E-state index contributed by atoms with van der Waals surface area (Å²) in [5.41, 5.74) is 3.91. The summed E-state index contributed by atoms with van der Waals surface area (Å²) in [6, 6.07) is 34.3. The van der Waals surface area contributed by atoms with Crippen LogP contribution < -0.4 is 0 Å². The molecular weight excluding hydrogens is 547 g/mol. The van der Waals surface area contributed by atoms with Gasteiger partial charge in [-0.1, -0.05) is 84.9 Å². The Hall–Kier alpha value is -4.39. The maximum atomic E-state index is 13.9. The number of benzene rings is 4. The van der Waals surface area contributed by atoms with E-state index in [9.17, 15) is 9.59 Å². The van der Waals surface area contributed by atoms with Gasteiger partial charge in [0.05, 0.1) is 32.3 Å². The van der Waals surface area contributed by atoms with Crippen LogP contribution in [0.1, 0.15) is 38.1 Å². The van der Waals surface area contributed by atoms with Gasteiger partial charge >= 0.3 is 5.97 Å². The Morgan fingerprint density at radius 3 is 2.20 bits per heavy atom. The molecule has 0 aliphatic rings. The van der Waals surface area contributed by atoms with Crippen molar-refractivity contribution in [2.24, 2.45) is 0 Å². The number of ether oxygens (including phenoxy) is 1. The molecule has 41 heavy (non-hydrogen) atoms. The molecule has 0 amide bonds. The SMILES string of the molecule is CCOC(=O)c1c2c(C(=O)c3ccccc3)sc(SCc3c4ccccc4cc4ccccc34)c2n2ccccc12. The molecule has 3 heterocycles. The molecule has 200 valence electrons. The summed E-state index contributed by atoms with van der Waals surface area (Å²) in [6.45, 7) is 2.05. The van der Waals surface area contributed by atoms with Crippen LogP contribution in [-0.2, 0) is 10.5 Å². The summed E-state index contributed by atoms with van der Waals surface area (Å²) in [6.07, 6.45) is 1.96. The predicted octanol–water partition coefficient (Wildman–Crippen LogP) is 9.16. The molecule has 7 rings (SSSR count). The van der Waals surface area contributed by atoms with Crippen molar-refractivity contribution in [3.63, 3.8) is 0 Å². The number of hydrogen-bond acceptors (Lipinski definition) is 5. The molecule has 4 nitrogen and oxygen atoms in total. The number of ketones is 1. The lowest BCUT2D eigenvalue weighted by Gasteiger charge is -2.11. The highest BCUT2D eigenvalue weighted by molar-refractivity contribution is 8.00. The largest absolute Gasteiger partial charge is 0.462 e. The number of rotatable bonds is 7. The van der Waals surface area contributed by atoms with E-state index in [0.717, 1.165) is 15.2 Å². The van der Waals surface area contributed by atoms with Gasteiger partial charge in [-0.25, -0.2) is 4.79 Å². The van der Waals surface area contributed by atoms with Crippen molar-refractivity contribution in [1.82, 2.24) is 4.40 Å². The van der Waals surface area contributed by atoms with Crippen molar-refractivity contribution < 1.29 is 14.3 Å². The molecule has 0 aliphatic carbocycles. The first-order chi connectivity index (χ1) is 20.2. The standard InChI is InChI=1S/C35H25NO3S2/c1-2-39-34(38)29-28-18-10-11-19-36(28)31-30(29)33(32(37)22-12-4-3-5-13-22)41-35(31)40-21-27-25-16-8-6-14-23(25)20-24-15-7-9-17-26(24)27/h3-20H,2,21H2,1H3. The van der Waals surface area contributed by atoms with E-state index in [1.807, 2.05) is 59.1 Å². The molecule has 7 aromatic rings. The number of nitrogens with zero attached hydrogens (tertiary/aromatic N) is 1. The highest BCUT2D eigenvalue weighted by atomic mass is 32.2. The third-order valence-corrected chi connectivity index (χ3v) is 9.88. The number of carbonyl (C=O) groups excluding carboxylic acids is 2. The fraction of sp³-hybridized carbons (Fsp3) is 0.0857. The van der Waals surface area contributed by atoms with Gasteiger partial charge in [0.1, 0.15) is 0 Å². The van der Waals surface area contributed by atoms with Gasteiger partial charge in [0, 0.05) is 22.9 Å². The van der Waals surface area contributed by atoms with E-state index in [0.29, 0.717) is 27.1 Å². The summed E-state index contributed by atoms with van der Waals surface area (Å²) < 4.78 is 8.54. The normalized spacial score (nSPS) is 11.5. The molecule has 0 fully saturated rings. The Labute approximate surface area is 245 Å². The Morgan fingerprint density at radius 1 is 0.829 bits per heavy atom. The number of carbonyl (C=O) groups is 2. The van der Waals surface area contributed by atoms with Gasteiger partial charge in [-0.15, -0.1) is 23.1 Å².